The van der Waals surface area contributed by atoms with E-state index >= 15 is 0 Å². The van der Waals surface area contributed by atoms with Crippen molar-refractivity contribution in [2.75, 3.05) is 11.6 Å². The molecule has 2 rings (SSSR count). The van der Waals surface area contributed by atoms with Crippen molar-refractivity contribution in [1.29, 1.82) is 0 Å². The Balaban J connectivity index is 2.03. The zero-order chi connectivity index (χ0) is 13.7. The first-order valence-corrected chi connectivity index (χ1v) is 7.09. The molecule has 0 saturated heterocycles. The minimum Gasteiger partial charge on any atom is -0.325 e. The summed E-state index contributed by atoms with van der Waals surface area (Å²) in [6.45, 7) is 0. The lowest BCUT2D eigenvalue weighted by atomic mass is 10.1. The van der Waals surface area contributed by atoms with Crippen LogP contribution in [0.15, 0.2) is 53.4 Å². The molecule has 0 saturated carbocycles. The highest BCUT2D eigenvalue weighted by molar-refractivity contribution is 7.98. The van der Waals surface area contributed by atoms with Crippen LogP contribution in [0.3, 0.4) is 0 Å². The molecule has 98 valence electrons. The summed E-state index contributed by atoms with van der Waals surface area (Å²) in [5, 5.41) is 2.87. The molecule has 0 aromatic heterocycles. The third-order valence-electron chi connectivity index (χ3n) is 2.66. The molecule has 0 radical (unpaired) electrons. The van der Waals surface area contributed by atoms with Gasteiger partial charge in [0, 0.05) is 4.90 Å². The average Bonchev–Trinajstić information content (AvgIpc) is 2.42. The van der Waals surface area contributed by atoms with Gasteiger partial charge in [-0.1, -0.05) is 24.3 Å². The van der Waals surface area contributed by atoms with Crippen LogP contribution in [0.1, 0.15) is 5.56 Å². The van der Waals surface area contributed by atoms with Crippen molar-refractivity contribution in [3.8, 4) is 0 Å². The molecule has 0 fully saturated rings. The van der Waals surface area contributed by atoms with E-state index in [1.807, 2.05) is 30.5 Å². The minimum atomic E-state index is -0.295. The Hall–Kier alpha value is -1.81. The zero-order valence-electron chi connectivity index (χ0n) is 10.5. The topological polar surface area (TPSA) is 29.1 Å². The van der Waals surface area contributed by atoms with Gasteiger partial charge in [-0.3, -0.25) is 4.79 Å². The number of carbonyl (C=O) groups excluding carboxylic acids is 1. The van der Waals surface area contributed by atoms with Crippen molar-refractivity contribution in [3.05, 3.63) is 59.9 Å². The molecule has 4 heteroatoms. The van der Waals surface area contributed by atoms with Crippen LogP contribution in [0, 0.1) is 5.82 Å². The van der Waals surface area contributed by atoms with Crippen molar-refractivity contribution in [2.45, 2.75) is 11.3 Å². The Bertz CT molecular complexity index is 569. The number of para-hydroxylation sites is 1. The van der Waals surface area contributed by atoms with Crippen LogP contribution in [0.5, 0.6) is 0 Å². The largest absolute Gasteiger partial charge is 0.325 e. The van der Waals surface area contributed by atoms with Gasteiger partial charge in [0.15, 0.2) is 0 Å². The van der Waals surface area contributed by atoms with E-state index in [9.17, 15) is 9.18 Å². The Morgan fingerprint density at radius 2 is 1.84 bits per heavy atom. The summed E-state index contributed by atoms with van der Waals surface area (Å²) in [6, 6.07) is 13.6. The molecule has 2 aromatic rings. The molecule has 0 unspecified atom stereocenters. The zero-order valence-corrected chi connectivity index (χ0v) is 11.3. The third-order valence-corrected chi connectivity index (χ3v) is 3.45. The van der Waals surface area contributed by atoms with Crippen molar-refractivity contribution < 1.29 is 9.18 Å². The first-order chi connectivity index (χ1) is 9.19. The van der Waals surface area contributed by atoms with Gasteiger partial charge in [-0.15, -0.1) is 11.8 Å². The van der Waals surface area contributed by atoms with Crippen LogP contribution < -0.4 is 5.32 Å². The number of benzene rings is 2. The second-order valence-electron chi connectivity index (χ2n) is 4.05. The van der Waals surface area contributed by atoms with Crippen molar-refractivity contribution in [2.24, 2.45) is 0 Å². The number of hydrogen-bond acceptors (Lipinski definition) is 2. The van der Waals surface area contributed by atoms with Gasteiger partial charge in [0.25, 0.3) is 0 Å². The van der Waals surface area contributed by atoms with E-state index in [-0.39, 0.29) is 18.1 Å². The number of halogens is 1. The maximum atomic E-state index is 12.8. The predicted molar refractivity (Wildman–Crippen MR) is 77.0 cm³/mol. The summed E-state index contributed by atoms with van der Waals surface area (Å²) in [4.78, 5) is 12.9. The number of nitrogens with one attached hydrogen (secondary N) is 1. The van der Waals surface area contributed by atoms with Gasteiger partial charge in [0.05, 0.1) is 12.1 Å². The van der Waals surface area contributed by atoms with E-state index in [2.05, 4.69) is 5.32 Å². The number of carbonyl (C=O) groups is 1. The quantitative estimate of drug-likeness (QED) is 0.861. The van der Waals surface area contributed by atoms with Crippen LogP contribution in [0.25, 0.3) is 0 Å². The molecule has 2 nitrogen and oxygen atoms in total. The van der Waals surface area contributed by atoms with Crippen LogP contribution in [-0.2, 0) is 11.2 Å². The summed E-state index contributed by atoms with van der Waals surface area (Å²) in [5.41, 5.74) is 1.60. The molecule has 1 N–H and O–H groups in total. The molecule has 0 aliphatic carbocycles. The Labute approximate surface area is 116 Å². The second kappa shape index (κ2) is 6.38. The van der Waals surface area contributed by atoms with Crippen molar-refractivity contribution in [1.82, 2.24) is 0 Å². The van der Waals surface area contributed by atoms with E-state index in [1.54, 1.807) is 23.9 Å². The molecule has 0 heterocycles. The maximum absolute atomic E-state index is 12.8. The van der Waals surface area contributed by atoms with Gasteiger partial charge in [0.1, 0.15) is 5.82 Å². The molecule has 0 spiro atoms. The number of amides is 1. The lowest BCUT2D eigenvalue weighted by Gasteiger charge is -2.09. The van der Waals surface area contributed by atoms with Crippen LogP contribution in [0.2, 0.25) is 0 Å². The molecule has 1 amide bonds. The van der Waals surface area contributed by atoms with E-state index in [4.69, 9.17) is 0 Å². The summed E-state index contributed by atoms with van der Waals surface area (Å²) in [7, 11) is 0. The highest BCUT2D eigenvalue weighted by Crippen LogP contribution is 2.24. The number of thioether (sulfide) groups is 1. The third kappa shape index (κ3) is 3.83. The molecular formula is C15H14FNOS. The molecule has 19 heavy (non-hydrogen) atoms. The number of anilines is 1. The van der Waals surface area contributed by atoms with E-state index in [0.29, 0.717) is 0 Å². The Morgan fingerprint density at radius 1 is 1.16 bits per heavy atom. The van der Waals surface area contributed by atoms with Crippen LogP contribution >= 0.6 is 11.8 Å². The first-order valence-electron chi connectivity index (χ1n) is 5.86. The van der Waals surface area contributed by atoms with Crippen LogP contribution in [0.4, 0.5) is 10.1 Å². The molecule has 0 atom stereocenters. The highest BCUT2D eigenvalue weighted by Gasteiger charge is 2.07. The summed E-state index contributed by atoms with van der Waals surface area (Å²) in [5.74, 6) is -0.398. The van der Waals surface area contributed by atoms with Crippen LogP contribution in [-0.4, -0.2) is 12.2 Å². The van der Waals surface area contributed by atoms with Crippen molar-refractivity contribution in [3.63, 3.8) is 0 Å². The van der Waals surface area contributed by atoms with Crippen molar-refractivity contribution >= 4 is 23.4 Å². The monoisotopic (exact) mass is 275 g/mol. The van der Waals surface area contributed by atoms with Gasteiger partial charge in [-0.05, 0) is 36.1 Å². The van der Waals surface area contributed by atoms with Gasteiger partial charge in [0.2, 0.25) is 5.91 Å². The standard InChI is InChI=1S/C15H14FNOS/c1-19-14-5-3-2-4-13(14)17-15(18)10-11-6-8-12(16)9-7-11/h2-9H,10H2,1H3,(H,17,18). The summed E-state index contributed by atoms with van der Waals surface area (Å²) < 4.78 is 12.8. The van der Waals surface area contributed by atoms with Gasteiger partial charge < -0.3 is 5.32 Å². The molecule has 0 bridgehead atoms. The summed E-state index contributed by atoms with van der Waals surface area (Å²) in [6.07, 6.45) is 2.20. The SMILES string of the molecule is CSc1ccccc1NC(=O)Cc1ccc(F)cc1. The van der Waals surface area contributed by atoms with E-state index in [1.165, 1.54) is 12.1 Å². The van der Waals surface area contributed by atoms with E-state index in [0.717, 1.165) is 16.1 Å². The fourth-order valence-corrected chi connectivity index (χ4v) is 2.28. The summed E-state index contributed by atoms with van der Waals surface area (Å²) >= 11 is 1.58. The molecule has 2 aromatic carbocycles. The lowest BCUT2D eigenvalue weighted by molar-refractivity contribution is -0.115. The second-order valence-corrected chi connectivity index (χ2v) is 4.90. The predicted octanol–water partition coefficient (Wildman–Crippen LogP) is 3.73. The normalized spacial score (nSPS) is 10.2. The smallest absolute Gasteiger partial charge is 0.228 e. The minimum absolute atomic E-state index is 0.104. The van der Waals surface area contributed by atoms with Gasteiger partial charge >= 0.3 is 0 Å². The highest BCUT2D eigenvalue weighted by atomic mass is 32.2. The fourth-order valence-electron chi connectivity index (χ4n) is 1.73. The molecular weight excluding hydrogens is 261 g/mol. The molecule has 0 aliphatic heterocycles. The average molecular weight is 275 g/mol. The first kappa shape index (κ1) is 13.6. The number of rotatable bonds is 4. The molecule has 0 aliphatic rings. The van der Waals surface area contributed by atoms with Gasteiger partial charge in [-0.2, -0.15) is 0 Å². The van der Waals surface area contributed by atoms with Gasteiger partial charge in [-0.25, -0.2) is 4.39 Å². The Morgan fingerprint density at radius 3 is 2.53 bits per heavy atom. The van der Waals surface area contributed by atoms with E-state index < -0.39 is 0 Å². The lowest BCUT2D eigenvalue weighted by Crippen LogP contribution is -2.14. The Kier molecular flexibility index (Phi) is 4.58. The maximum Gasteiger partial charge on any atom is 0.228 e. The fraction of sp³-hybridized carbons (Fsp3) is 0.133. The number of hydrogen-bond donors (Lipinski definition) is 1.